The highest BCUT2D eigenvalue weighted by Crippen LogP contribution is 2.32. The molecule has 1 aliphatic carbocycles. The molecule has 0 unspecified atom stereocenters. The molecule has 2 fully saturated rings. The number of hydrogen-bond acceptors (Lipinski definition) is 4. The Bertz CT molecular complexity index is 353. The number of carbonyl (C=O) groups is 1. The number of piperidine rings is 1. The SMILES string of the molecule is CN1CCC(NCC2(NC(=O)OC(C)(C)C)CCC2)CC1. The molecule has 0 bridgehead atoms. The van der Waals surface area contributed by atoms with E-state index in [-0.39, 0.29) is 11.6 Å². The zero-order valence-electron chi connectivity index (χ0n) is 14.0. The van der Waals surface area contributed by atoms with Gasteiger partial charge in [-0.1, -0.05) is 0 Å². The first kappa shape index (κ1) is 16.6. The van der Waals surface area contributed by atoms with E-state index in [0.717, 1.165) is 32.5 Å². The number of likely N-dealkylation sites (tertiary alicyclic amines) is 1. The number of carbonyl (C=O) groups excluding carboxylic acids is 1. The lowest BCUT2D eigenvalue weighted by atomic mass is 9.76. The van der Waals surface area contributed by atoms with E-state index in [2.05, 4.69) is 22.6 Å². The molecule has 0 aromatic heterocycles. The third kappa shape index (κ3) is 5.15. The van der Waals surface area contributed by atoms with Crippen LogP contribution in [0.15, 0.2) is 0 Å². The largest absolute Gasteiger partial charge is 0.444 e. The first-order valence-electron chi connectivity index (χ1n) is 8.21. The van der Waals surface area contributed by atoms with Crippen molar-refractivity contribution in [3.05, 3.63) is 0 Å². The predicted octanol–water partition coefficient (Wildman–Crippen LogP) is 2.12. The first-order valence-corrected chi connectivity index (χ1v) is 8.21. The van der Waals surface area contributed by atoms with E-state index in [0.29, 0.717) is 6.04 Å². The van der Waals surface area contributed by atoms with Crippen LogP contribution in [-0.4, -0.2) is 54.9 Å². The fourth-order valence-electron chi connectivity index (χ4n) is 3.02. The normalized spacial score (nSPS) is 23.4. The van der Waals surface area contributed by atoms with Gasteiger partial charge < -0.3 is 20.3 Å². The average Bonchev–Trinajstić information content (AvgIpc) is 2.32. The molecule has 2 aliphatic rings. The summed E-state index contributed by atoms with van der Waals surface area (Å²) < 4.78 is 5.39. The molecular weight excluding hydrogens is 266 g/mol. The van der Waals surface area contributed by atoms with E-state index in [1.807, 2.05) is 20.8 Å². The molecule has 2 N–H and O–H groups in total. The van der Waals surface area contributed by atoms with Gasteiger partial charge in [-0.25, -0.2) is 4.79 Å². The highest BCUT2D eigenvalue weighted by molar-refractivity contribution is 5.69. The van der Waals surface area contributed by atoms with E-state index in [1.54, 1.807) is 0 Å². The summed E-state index contributed by atoms with van der Waals surface area (Å²) in [6.07, 6.45) is 5.38. The molecule has 0 radical (unpaired) electrons. The summed E-state index contributed by atoms with van der Waals surface area (Å²) in [6, 6.07) is 0.583. The van der Waals surface area contributed by atoms with Crippen LogP contribution in [0.5, 0.6) is 0 Å². The molecule has 5 nitrogen and oxygen atoms in total. The van der Waals surface area contributed by atoms with Gasteiger partial charge in [-0.3, -0.25) is 0 Å². The standard InChI is InChI=1S/C16H31N3O2/c1-15(2,3)21-14(20)18-16(8-5-9-16)12-17-13-6-10-19(4)11-7-13/h13,17H,5-12H2,1-4H3,(H,18,20). The molecule has 5 heteroatoms. The highest BCUT2D eigenvalue weighted by atomic mass is 16.6. The van der Waals surface area contributed by atoms with Gasteiger partial charge in [0.15, 0.2) is 0 Å². The van der Waals surface area contributed by atoms with Crippen molar-refractivity contribution in [2.45, 2.75) is 70.1 Å². The number of hydrogen-bond donors (Lipinski definition) is 2. The van der Waals surface area contributed by atoms with Crippen molar-refractivity contribution in [3.63, 3.8) is 0 Å². The Morgan fingerprint density at radius 1 is 1.29 bits per heavy atom. The lowest BCUT2D eigenvalue weighted by Gasteiger charge is -2.44. The molecule has 122 valence electrons. The number of nitrogens with one attached hydrogen (secondary N) is 2. The molecule has 1 amide bonds. The van der Waals surface area contributed by atoms with E-state index in [1.165, 1.54) is 19.3 Å². The van der Waals surface area contributed by atoms with E-state index >= 15 is 0 Å². The fraction of sp³-hybridized carbons (Fsp3) is 0.938. The van der Waals surface area contributed by atoms with Crippen molar-refractivity contribution in [1.29, 1.82) is 0 Å². The number of rotatable bonds is 4. The van der Waals surface area contributed by atoms with Crippen LogP contribution in [0.25, 0.3) is 0 Å². The molecule has 0 aromatic rings. The Morgan fingerprint density at radius 3 is 2.38 bits per heavy atom. The Hall–Kier alpha value is -0.810. The van der Waals surface area contributed by atoms with Gasteiger partial charge in [-0.2, -0.15) is 0 Å². The molecule has 1 aliphatic heterocycles. The van der Waals surface area contributed by atoms with Gasteiger partial charge in [0.05, 0.1) is 5.54 Å². The van der Waals surface area contributed by atoms with E-state index < -0.39 is 5.60 Å². The topological polar surface area (TPSA) is 53.6 Å². The van der Waals surface area contributed by atoms with Crippen molar-refractivity contribution in [1.82, 2.24) is 15.5 Å². The molecular formula is C16H31N3O2. The maximum atomic E-state index is 12.0. The molecule has 21 heavy (non-hydrogen) atoms. The zero-order chi connectivity index (χ0) is 15.5. The lowest BCUT2D eigenvalue weighted by molar-refractivity contribution is 0.0375. The minimum Gasteiger partial charge on any atom is -0.444 e. The average molecular weight is 297 g/mol. The summed E-state index contributed by atoms with van der Waals surface area (Å²) >= 11 is 0. The number of nitrogens with zero attached hydrogens (tertiary/aromatic N) is 1. The molecule has 0 spiro atoms. The third-order valence-corrected chi connectivity index (χ3v) is 4.52. The highest BCUT2D eigenvalue weighted by Gasteiger charge is 2.39. The van der Waals surface area contributed by atoms with Crippen LogP contribution in [0.1, 0.15) is 52.9 Å². The summed E-state index contributed by atoms with van der Waals surface area (Å²) in [6.45, 7) is 8.87. The summed E-state index contributed by atoms with van der Waals surface area (Å²) in [5.74, 6) is 0. The van der Waals surface area contributed by atoms with E-state index in [4.69, 9.17) is 4.74 Å². The van der Waals surface area contributed by atoms with Crippen molar-refractivity contribution < 1.29 is 9.53 Å². The van der Waals surface area contributed by atoms with Gasteiger partial charge in [0.2, 0.25) is 0 Å². The second kappa shape index (κ2) is 6.53. The van der Waals surface area contributed by atoms with Crippen LogP contribution in [0.4, 0.5) is 4.79 Å². The summed E-state index contributed by atoms with van der Waals surface area (Å²) in [4.78, 5) is 14.4. The summed E-state index contributed by atoms with van der Waals surface area (Å²) in [5.41, 5.74) is -0.526. The Labute approximate surface area is 128 Å². The van der Waals surface area contributed by atoms with Crippen molar-refractivity contribution in [3.8, 4) is 0 Å². The van der Waals surface area contributed by atoms with Crippen molar-refractivity contribution in [2.75, 3.05) is 26.7 Å². The van der Waals surface area contributed by atoms with Crippen LogP contribution >= 0.6 is 0 Å². The van der Waals surface area contributed by atoms with Gasteiger partial charge in [-0.05, 0) is 73.0 Å². The van der Waals surface area contributed by atoms with Crippen LogP contribution in [0.2, 0.25) is 0 Å². The quantitative estimate of drug-likeness (QED) is 0.834. The van der Waals surface area contributed by atoms with Gasteiger partial charge in [0, 0.05) is 12.6 Å². The van der Waals surface area contributed by atoms with Gasteiger partial charge in [0.25, 0.3) is 0 Å². The minimum atomic E-state index is -0.434. The van der Waals surface area contributed by atoms with Crippen LogP contribution < -0.4 is 10.6 Å². The second-order valence-corrected chi connectivity index (χ2v) is 7.72. The minimum absolute atomic E-state index is 0.0916. The summed E-state index contributed by atoms with van der Waals surface area (Å²) in [7, 11) is 2.17. The second-order valence-electron chi connectivity index (χ2n) is 7.72. The number of alkyl carbamates (subject to hydrolysis) is 1. The van der Waals surface area contributed by atoms with Gasteiger partial charge >= 0.3 is 6.09 Å². The predicted molar refractivity (Wildman–Crippen MR) is 84.5 cm³/mol. The number of ether oxygens (including phenoxy) is 1. The van der Waals surface area contributed by atoms with Crippen LogP contribution in [-0.2, 0) is 4.74 Å². The van der Waals surface area contributed by atoms with Gasteiger partial charge in [-0.15, -0.1) is 0 Å². The third-order valence-electron chi connectivity index (χ3n) is 4.52. The van der Waals surface area contributed by atoms with Crippen LogP contribution in [0, 0.1) is 0 Å². The lowest BCUT2D eigenvalue weighted by Crippen LogP contribution is -2.61. The van der Waals surface area contributed by atoms with Crippen LogP contribution in [0.3, 0.4) is 0 Å². The maximum Gasteiger partial charge on any atom is 0.408 e. The monoisotopic (exact) mass is 297 g/mol. The van der Waals surface area contributed by atoms with Gasteiger partial charge in [0.1, 0.15) is 5.60 Å². The zero-order valence-corrected chi connectivity index (χ0v) is 14.0. The first-order chi connectivity index (χ1) is 9.78. The molecule has 0 aromatic carbocycles. The Balaban J connectivity index is 1.77. The Kier molecular flexibility index (Phi) is 5.15. The molecule has 1 saturated carbocycles. The van der Waals surface area contributed by atoms with Crippen molar-refractivity contribution >= 4 is 6.09 Å². The molecule has 0 atom stereocenters. The number of amides is 1. The molecule has 1 heterocycles. The maximum absolute atomic E-state index is 12.0. The molecule has 2 rings (SSSR count). The smallest absolute Gasteiger partial charge is 0.408 e. The Morgan fingerprint density at radius 2 is 1.90 bits per heavy atom. The molecule has 1 saturated heterocycles. The fourth-order valence-corrected chi connectivity index (χ4v) is 3.02. The van der Waals surface area contributed by atoms with E-state index in [9.17, 15) is 4.79 Å². The summed E-state index contributed by atoms with van der Waals surface area (Å²) in [5, 5.41) is 6.76. The van der Waals surface area contributed by atoms with Crippen molar-refractivity contribution in [2.24, 2.45) is 0 Å².